The van der Waals surface area contributed by atoms with Gasteiger partial charge >= 0.3 is 0 Å². The second-order valence-electron chi connectivity index (χ2n) is 6.27. The van der Waals surface area contributed by atoms with E-state index in [4.69, 9.17) is 0 Å². The zero-order valence-electron chi connectivity index (χ0n) is 14.2. The highest BCUT2D eigenvalue weighted by Crippen LogP contribution is 2.27. The molecule has 4 rings (SSSR count). The minimum Gasteiger partial charge on any atom is -0.352 e. The topological polar surface area (TPSA) is 49.3 Å². The van der Waals surface area contributed by atoms with E-state index in [1.807, 2.05) is 18.2 Å². The van der Waals surface area contributed by atoms with E-state index in [0.29, 0.717) is 26.2 Å². The molecule has 0 saturated carbocycles. The molecule has 1 aromatic heterocycles. The zero-order valence-corrected chi connectivity index (χ0v) is 15.8. The van der Waals surface area contributed by atoms with Crippen molar-refractivity contribution in [3.05, 3.63) is 64.4 Å². The van der Waals surface area contributed by atoms with Gasteiger partial charge in [0, 0.05) is 41.6 Å². The summed E-state index contributed by atoms with van der Waals surface area (Å²) >= 11 is 3.47. The first-order chi connectivity index (χ1) is 13.0. The summed E-state index contributed by atoms with van der Waals surface area (Å²) in [5.74, 6) is -1.46. The molecule has 1 amide bonds. The number of piperazine rings is 1. The van der Waals surface area contributed by atoms with Crippen LogP contribution >= 0.6 is 15.9 Å². The predicted octanol–water partition coefficient (Wildman–Crippen LogP) is 3.63. The number of anilines is 1. The molecule has 0 bridgehead atoms. The van der Waals surface area contributed by atoms with Gasteiger partial charge in [-0.25, -0.2) is 18.7 Å². The van der Waals surface area contributed by atoms with Gasteiger partial charge in [-0.2, -0.15) is 0 Å². The van der Waals surface area contributed by atoms with Crippen molar-refractivity contribution in [2.75, 3.05) is 31.1 Å². The van der Waals surface area contributed by atoms with Crippen LogP contribution in [0.2, 0.25) is 0 Å². The van der Waals surface area contributed by atoms with E-state index in [0.717, 1.165) is 33.3 Å². The molecular weight excluding hydrogens is 418 g/mol. The number of carbonyl (C=O) groups excluding carboxylic acids is 1. The fourth-order valence-corrected chi connectivity index (χ4v) is 3.56. The van der Waals surface area contributed by atoms with Gasteiger partial charge in [0.1, 0.15) is 12.1 Å². The van der Waals surface area contributed by atoms with Gasteiger partial charge in [-0.1, -0.05) is 15.9 Å². The number of halogens is 3. The van der Waals surface area contributed by atoms with E-state index in [2.05, 4.69) is 30.8 Å². The molecule has 0 spiro atoms. The van der Waals surface area contributed by atoms with Crippen LogP contribution in [-0.2, 0) is 0 Å². The van der Waals surface area contributed by atoms with Crippen LogP contribution in [0.4, 0.5) is 14.6 Å². The zero-order chi connectivity index (χ0) is 19.0. The lowest BCUT2D eigenvalue weighted by atomic mass is 10.1. The summed E-state index contributed by atoms with van der Waals surface area (Å²) in [6, 6.07) is 9.06. The summed E-state index contributed by atoms with van der Waals surface area (Å²) in [7, 11) is 0. The van der Waals surface area contributed by atoms with Crippen molar-refractivity contribution in [3.8, 4) is 0 Å². The second-order valence-corrected chi connectivity index (χ2v) is 7.18. The molecule has 0 radical (unpaired) electrons. The third kappa shape index (κ3) is 3.49. The first-order valence-electron chi connectivity index (χ1n) is 8.42. The van der Waals surface area contributed by atoms with Gasteiger partial charge in [-0.05, 0) is 36.4 Å². The van der Waals surface area contributed by atoms with Crippen molar-refractivity contribution in [2.24, 2.45) is 0 Å². The molecule has 1 saturated heterocycles. The number of amides is 1. The maximum Gasteiger partial charge on any atom is 0.254 e. The highest BCUT2D eigenvalue weighted by molar-refractivity contribution is 9.10. The smallest absolute Gasteiger partial charge is 0.254 e. The number of fused-ring (bicyclic) bond motifs is 1. The third-order valence-electron chi connectivity index (χ3n) is 4.61. The highest BCUT2D eigenvalue weighted by atomic mass is 79.9. The number of hydrogen-bond acceptors (Lipinski definition) is 4. The van der Waals surface area contributed by atoms with Gasteiger partial charge in [0.05, 0.1) is 5.52 Å². The maximum atomic E-state index is 13.4. The lowest BCUT2D eigenvalue weighted by Crippen LogP contribution is -2.49. The van der Waals surface area contributed by atoms with Crippen molar-refractivity contribution in [1.82, 2.24) is 14.9 Å². The molecule has 1 aliphatic rings. The van der Waals surface area contributed by atoms with E-state index < -0.39 is 11.6 Å². The number of carbonyl (C=O) groups is 1. The van der Waals surface area contributed by atoms with E-state index in [1.165, 1.54) is 12.4 Å². The molecule has 0 unspecified atom stereocenters. The largest absolute Gasteiger partial charge is 0.352 e. The standard InChI is InChI=1S/C19H15BrF2N4O/c20-13-2-4-17-14(10-13)18(24-11-23-17)25-5-7-26(8-6-25)19(27)12-1-3-15(21)16(22)9-12/h1-4,9-11H,5-8H2. The Morgan fingerprint density at radius 1 is 0.963 bits per heavy atom. The van der Waals surface area contributed by atoms with Crippen LogP contribution in [0.3, 0.4) is 0 Å². The fourth-order valence-electron chi connectivity index (χ4n) is 3.20. The quantitative estimate of drug-likeness (QED) is 0.620. The average Bonchev–Trinajstić information content (AvgIpc) is 2.69. The molecule has 2 aromatic carbocycles. The number of nitrogens with zero attached hydrogens (tertiary/aromatic N) is 4. The molecule has 3 aromatic rings. The minimum atomic E-state index is -1.02. The van der Waals surface area contributed by atoms with E-state index in [9.17, 15) is 13.6 Å². The number of hydrogen-bond donors (Lipinski definition) is 0. The van der Waals surface area contributed by atoms with Crippen molar-refractivity contribution in [3.63, 3.8) is 0 Å². The van der Waals surface area contributed by atoms with Gasteiger partial charge in [-0.3, -0.25) is 4.79 Å². The highest BCUT2D eigenvalue weighted by Gasteiger charge is 2.24. The lowest BCUT2D eigenvalue weighted by Gasteiger charge is -2.35. The predicted molar refractivity (Wildman–Crippen MR) is 102 cm³/mol. The van der Waals surface area contributed by atoms with Crippen LogP contribution in [0.25, 0.3) is 10.9 Å². The Morgan fingerprint density at radius 3 is 2.48 bits per heavy atom. The van der Waals surface area contributed by atoms with Gasteiger partial charge in [0.2, 0.25) is 0 Å². The number of rotatable bonds is 2. The lowest BCUT2D eigenvalue weighted by molar-refractivity contribution is 0.0746. The molecule has 138 valence electrons. The molecule has 1 aliphatic heterocycles. The molecule has 27 heavy (non-hydrogen) atoms. The van der Waals surface area contributed by atoms with Crippen LogP contribution in [0.1, 0.15) is 10.4 Å². The van der Waals surface area contributed by atoms with Crippen molar-refractivity contribution in [1.29, 1.82) is 0 Å². The van der Waals surface area contributed by atoms with Gasteiger partial charge in [-0.15, -0.1) is 0 Å². The Morgan fingerprint density at radius 2 is 1.74 bits per heavy atom. The Kier molecular flexibility index (Phi) is 4.73. The summed E-state index contributed by atoms with van der Waals surface area (Å²) in [4.78, 5) is 25.0. The monoisotopic (exact) mass is 432 g/mol. The Bertz CT molecular complexity index is 1020. The molecular formula is C19H15BrF2N4O. The summed E-state index contributed by atoms with van der Waals surface area (Å²) in [6.45, 7) is 2.12. The summed E-state index contributed by atoms with van der Waals surface area (Å²) < 4.78 is 27.4. The molecule has 8 heteroatoms. The van der Waals surface area contributed by atoms with Gasteiger partial charge < -0.3 is 9.80 Å². The Hall–Kier alpha value is -2.61. The van der Waals surface area contributed by atoms with Crippen LogP contribution < -0.4 is 4.90 Å². The summed E-state index contributed by atoms with van der Waals surface area (Å²) in [5, 5.41) is 0.937. The van der Waals surface area contributed by atoms with E-state index >= 15 is 0 Å². The van der Waals surface area contributed by atoms with E-state index in [1.54, 1.807) is 4.90 Å². The normalized spacial score (nSPS) is 14.6. The van der Waals surface area contributed by atoms with Crippen LogP contribution in [0.15, 0.2) is 47.2 Å². The summed E-state index contributed by atoms with van der Waals surface area (Å²) in [5.41, 5.74) is 1.00. The average molecular weight is 433 g/mol. The van der Waals surface area contributed by atoms with Crippen molar-refractivity contribution in [2.45, 2.75) is 0 Å². The summed E-state index contributed by atoms with van der Waals surface area (Å²) in [6.07, 6.45) is 1.53. The minimum absolute atomic E-state index is 0.152. The Balaban J connectivity index is 1.51. The van der Waals surface area contributed by atoms with Crippen LogP contribution in [0, 0.1) is 11.6 Å². The molecule has 0 aliphatic carbocycles. The molecule has 5 nitrogen and oxygen atoms in total. The van der Waals surface area contributed by atoms with Crippen molar-refractivity contribution < 1.29 is 13.6 Å². The van der Waals surface area contributed by atoms with Gasteiger partial charge in [0.25, 0.3) is 5.91 Å². The molecule has 0 atom stereocenters. The second kappa shape index (κ2) is 7.19. The third-order valence-corrected chi connectivity index (χ3v) is 5.10. The molecule has 1 fully saturated rings. The van der Waals surface area contributed by atoms with E-state index in [-0.39, 0.29) is 11.5 Å². The number of benzene rings is 2. The van der Waals surface area contributed by atoms with Crippen molar-refractivity contribution >= 4 is 38.6 Å². The first-order valence-corrected chi connectivity index (χ1v) is 9.22. The molecule has 2 heterocycles. The first kappa shape index (κ1) is 17.8. The van der Waals surface area contributed by atoms with Crippen LogP contribution in [0.5, 0.6) is 0 Å². The Labute approximate surface area is 162 Å². The van der Waals surface area contributed by atoms with Gasteiger partial charge in [0.15, 0.2) is 11.6 Å². The fraction of sp³-hybridized carbons (Fsp3) is 0.211. The SMILES string of the molecule is O=C(c1ccc(F)c(F)c1)N1CCN(c2ncnc3ccc(Br)cc23)CC1. The van der Waals surface area contributed by atoms with Crippen LogP contribution in [-0.4, -0.2) is 47.0 Å². The number of aromatic nitrogens is 2. The maximum absolute atomic E-state index is 13.4. The molecule has 0 N–H and O–H groups in total.